The van der Waals surface area contributed by atoms with Gasteiger partial charge in [-0.1, -0.05) is 237 Å². The molecule has 87 heavy (non-hydrogen) atoms. The van der Waals surface area contributed by atoms with Gasteiger partial charge in [-0.2, -0.15) is 0 Å². The summed E-state index contributed by atoms with van der Waals surface area (Å²) in [6.45, 7) is 0. The van der Waals surface area contributed by atoms with Crippen molar-refractivity contribution in [3.05, 3.63) is 343 Å². The SMILES string of the molecule is c1ccc(-c2cccc(CC3CCc4cccc5c(N(c6ccccc6)c6cccc(-n7c8ccccc8c8ccccc87)c6)ccc(c45)-c4ccc(CCC(Cc5cccc(-n6c7ccccc7c7ccccc76)c5)c5ccccc5)cc43)c2)cc1. The van der Waals surface area contributed by atoms with Crippen molar-refractivity contribution in [3.8, 4) is 33.6 Å². The van der Waals surface area contributed by atoms with E-state index in [1.54, 1.807) is 0 Å². The van der Waals surface area contributed by atoms with Crippen LogP contribution in [0.5, 0.6) is 0 Å². The highest BCUT2D eigenvalue weighted by molar-refractivity contribution is 6.11. The number of hydrogen-bond donors (Lipinski definition) is 0. The summed E-state index contributed by atoms with van der Waals surface area (Å²) in [5.41, 5.74) is 24.2. The Balaban J connectivity index is 0.792. The zero-order valence-corrected chi connectivity index (χ0v) is 48.7. The molecule has 1 aliphatic rings. The van der Waals surface area contributed by atoms with Crippen LogP contribution in [-0.2, 0) is 25.7 Å². The summed E-state index contributed by atoms with van der Waals surface area (Å²) in [7, 11) is 0. The smallest absolute Gasteiger partial charge is 0.0541 e. The Morgan fingerprint density at radius 1 is 0.379 bits per heavy atom. The van der Waals surface area contributed by atoms with Crippen LogP contribution in [0.2, 0.25) is 0 Å². The van der Waals surface area contributed by atoms with Gasteiger partial charge < -0.3 is 14.0 Å². The number of hydrogen-bond acceptors (Lipinski definition) is 1. The molecule has 16 rings (SSSR count). The highest BCUT2D eigenvalue weighted by Crippen LogP contribution is 2.48. The molecule has 15 aromatic rings. The van der Waals surface area contributed by atoms with Crippen LogP contribution in [0.4, 0.5) is 17.1 Å². The zero-order chi connectivity index (χ0) is 57.6. The second-order valence-corrected chi connectivity index (χ2v) is 23.9. The normalized spacial score (nSPS) is 13.4. The zero-order valence-electron chi connectivity index (χ0n) is 48.7. The minimum Gasteiger partial charge on any atom is -0.310 e. The summed E-state index contributed by atoms with van der Waals surface area (Å²) in [5, 5.41) is 7.70. The van der Waals surface area contributed by atoms with Crippen molar-refractivity contribution in [2.75, 3.05) is 4.90 Å². The number of anilines is 3. The first-order valence-electron chi connectivity index (χ1n) is 31.0. The third-order valence-electron chi connectivity index (χ3n) is 18.7. The van der Waals surface area contributed by atoms with E-state index in [-0.39, 0.29) is 0 Å². The van der Waals surface area contributed by atoms with Gasteiger partial charge in [-0.25, -0.2) is 0 Å². The summed E-state index contributed by atoms with van der Waals surface area (Å²) >= 11 is 0. The van der Waals surface area contributed by atoms with Crippen LogP contribution < -0.4 is 4.90 Å². The van der Waals surface area contributed by atoms with Crippen molar-refractivity contribution in [1.29, 1.82) is 0 Å². The molecule has 0 amide bonds. The summed E-state index contributed by atoms with van der Waals surface area (Å²) in [5.74, 6) is 0.624. The first kappa shape index (κ1) is 52.1. The second-order valence-electron chi connectivity index (χ2n) is 23.9. The van der Waals surface area contributed by atoms with Crippen molar-refractivity contribution >= 4 is 71.4 Å². The summed E-state index contributed by atoms with van der Waals surface area (Å²) < 4.78 is 4.88. The maximum atomic E-state index is 2.62. The van der Waals surface area contributed by atoms with Gasteiger partial charge in [0.2, 0.25) is 0 Å². The molecule has 0 spiro atoms. The van der Waals surface area contributed by atoms with E-state index in [0.29, 0.717) is 11.8 Å². The minimum absolute atomic E-state index is 0.298. The number of aromatic nitrogens is 2. The van der Waals surface area contributed by atoms with Gasteiger partial charge in [0.1, 0.15) is 0 Å². The fraction of sp³-hybridized carbons (Fsp3) is 0.0952. The maximum Gasteiger partial charge on any atom is 0.0541 e. The van der Waals surface area contributed by atoms with Gasteiger partial charge in [0.25, 0.3) is 0 Å². The van der Waals surface area contributed by atoms with E-state index in [9.17, 15) is 0 Å². The molecule has 2 unspecified atom stereocenters. The number of para-hydroxylation sites is 5. The average Bonchev–Trinajstić information content (AvgIpc) is 2.69. The lowest BCUT2D eigenvalue weighted by atomic mass is 9.77. The third kappa shape index (κ3) is 9.66. The first-order valence-corrected chi connectivity index (χ1v) is 31.0. The van der Waals surface area contributed by atoms with Crippen LogP contribution >= 0.6 is 0 Å². The van der Waals surface area contributed by atoms with Gasteiger partial charge in [0.05, 0.1) is 27.8 Å². The highest BCUT2D eigenvalue weighted by Gasteiger charge is 2.27. The van der Waals surface area contributed by atoms with E-state index < -0.39 is 0 Å². The monoisotopic (exact) mass is 1120 g/mol. The first-order chi connectivity index (χ1) is 43.1. The Kier molecular flexibility index (Phi) is 13.5. The van der Waals surface area contributed by atoms with E-state index in [0.717, 1.165) is 55.6 Å². The van der Waals surface area contributed by atoms with Gasteiger partial charge in [-0.05, 0) is 184 Å². The fourth-order valence-corrected chi connectivity index (χ4v) is 14.7. The molecular formula is C84H65N3. The molecule has 0 radical (unpaired) electrons. The van der Waals surface area contributed by atoms with Crippen LogP contribution in [0.25, 0.3) is 88.0 Å². The summed E-state index contributed by atoms with van der Waals surface area (Å²) in [6.07, 6.45) is 5.92. The number of nitrogens with zero attached hydrogens (tertiary/aromatic N) is 3. The molecule has 0 aliphatic heterocycles. The van der Waals surface area contributed by atoms with E-state index in [1.165, 1.54) is 121 Å². The molecule has 13 aromatic carbocycles. The number of rotatable bonds is 14. The number of fused-ring (bicyclic) bond motifs is 8. The van der Waals surface area contributed by atoms with Crippen molar-refractivity contribution in [2.45, 2.75) is 50.4 Å². The topological polar surface area (TPSA) is 13.1 Å². The molecule has 2 atom stereocenters. The standard InChI is InChI=1S/C84H65N3/c1-4-24-61(25-5-1)64-29-18-22-59(52-64)54-66-48-47-63-28-20-39-77-83(85(67-30-8-3-9-31-67)69-33-21-34-70(57-69)87-81-42-16-12-37-74(81)75-38-13-17-43-82(75)87)51-50-76(84(63)77)71-49-45-58(56-78(66)71)44-46-65(62-26-6-2-7-27-62)53-60-23-19-32-68(55-60)86-79-40-14-10-35-72(79)73-36-11-15-41-80(73)86/h1-43,45,49-52,55-57,65-66H,44,46-48,53-54H2. The molecule has 1 aliphatic carbocycles. The van der Waals surface area contributed by atoms with Crippen LogP contribution in [0.3, 0.4) is 0 Å². The second kappa shape index (κ2) is 22.5. The molecule has 0 saturated heterocycles. The molecular weight excluding hydrogens is 1050 g/mol. The van der Waals surface area contributed by atoms with Crippen molar-refractivity contribution in [1.82, 2.24) is 9.13 Å². The Hall–Kier alpha value is -10.5. The lowest BCUT2D eigenvalue weighted by Gasteiger charge is -2.30. The van der Waals surface area contributed by atoms with E-state index in [4.69, 9.17) is 0 Å². The quantitative estimate of drug-likeness (QED) is 0.106. The van der Waals surface area contributed by atoms with Crippen LogP contribution in [0.15, 0.2) is 309 Å². The molecule has 0 N–H and O–H groups in total. The van der Waals surface area contributed by atoms with Crippen LogP contribution in [0.1, 0.15) is 58.1 Å². The highest BCUT2D eigenvalue weighted by atomic mass is 15.1. The van der Waals surface area contributed by atoms with Gasteiger partial charge in [0.15, 0.2) is 0 Å². The Bertz CT molecular complexity index is 4910. The van der Waals surface area contributed by atoms with Crippen molar-refractivity contribution < 1.29 is 0 Å². The molecule has 3 nitrogen and oxygen atoms in total. The Morgan fingerprint density at radius 2 is 0.908 bits per heavy atom. The predicted molar refractivity (Wildman–Crippen MR) is 367 cm³/mol. The van der Waals surface area contributed by atoms with Gasteiger partial charge in [0, 0.05) is 49.7 Å². The van der Waals surface area contributed by atoms with E-state index in [1.807, 2.05) is 0 Å². The van der Waals surface area contributed by atoms with Gasteiger partial charge in [-0.15, -0.1) is 0 Å². The largest absolute Gasteiger partial charge is 0.310 e. The fourth-order valence-electron chi connectivity index (χ4n) is 14.7. The third-order valence-corrected chi connectivity index (χ3v) is 18.7. The van der Waals surface area contributed by atoms with E-state index >= 15 is 0 Å². The Labute approximate surface area is 509 Å². The molecule has 0 bridgehead atoms. The Morgan fingerprint density at radius 3 is 1.59 bits per heavy atom. The summed E-state index contributed by atoms with van der Waals surface area (Å²) in [4.78, 5) is 2.48. The van der Waals surface area contributed by atoms with Crippen molar-refractivity contribution in [3.63, 3.8) is 0 Å². The van der Waals surface area contributed by atoms with E-state index in [2.05, 4.69) is 323 Å². The molecule has 416 valence electrons. The minimum atomic E-state index is 0.298. The van der Waals surface area contributed by atoms with Crippen LogP contribution in [-0.4, -0.2) is 9.13 Å². The molecule has 2 aromatic heterocycles. The van der Waals surface area contributed by atoms with Crippen LogP contribution in [0, 0.1) is 0 Å². The van der Waals surface area contributed by atoms with Crippen molar-refractivity contribution in [2.24, 2.45) is 0 Å². The predicted octanol–water partition coefficient (Wildman–Crippen LogP) is 22.1. The molecule has 3 heteroatoms. The molecule has 0 fully saturated rings. The molecule has 2 heterocycles. The number of aryl methyl sites for hydroxylation is 2. The maximum absolute atomic E-state index is 2.62. The van der Waals surface area contributed by atoms with Gasteiger partial charge >= 0.3 is 0 Å². The van der Waals surface area contributed by atoms with Gasteiger partial charge in [-0.3, -0.25) is 0 Å². The molecule has 0 saturated carbocycles. The lowest BCUT2D eigenvalue weighted by molar-refractivity contribution is 0.612. The number of benzene rings is 13. The summed E-state index contributed by atoms with van der Waals surface area (Å²) in [6, 6.07) is 116. The lowest BCUT2D eigenvalue weighted by Crippen LogP contribution is -2.13. The average molecular weight is 1120 g/mol.